The first-order valence-corrected chi connectivity index (χ1v) is 11.2. The van der Waals surface area contributed by atoms with E-state index in [0.717, 1.165) is 68.8 Å². The first-order valence-electron chi connectivity index (χ1n) is 10.8. The van der Waals surface area contributed by atoms with Crippen LogP contribution in [0.5, 0.6) is 0 Å². The number of piperazine rings is 1. The van der Waals surface area contributed by atoms with Crippen molar-refractivity contribution in [3.05, 3.63) is 47.2 Å². The lowest BCUT2D eigenvalue weighted by molar-refractivity contribution is 0.312. The van der Waals surface area contributed by atoms with Gasteiger partial charge in [0.1, 0.15) is 11.6 Å². The van der Waals surface area contributed by atoms with Crippen molar-refractivity contribution in [1.82, 2.24) is 25.5 Å². The molecule has 2 N–H and O–H groups in total. The zero-order chi connectivity index (χ0) is 21.6. The fourth-order valence-electron chi connectivity index (χ4n) is 4.00. The standard InChI is InChI=1S/C22H31ClN8.HI/c1-24-22(28-18-7-9-31(16-18)21-19(23)4-3-8-25-21)27-15-17-5-6-20(26-14-17)30-12-10-29(2)11-13-30;/h3-6,8,14,18H,7,9-13,15-16H2,1-2H3,(H2,24,27,28);1H. The monoisotopic (exact) mass is 570 g/mol. The average Bonchev–Trinajstić information content (AvgIpc) is 3.26. The molecule has 2 fully saturated rings. The number of nitrogens with one attached hydrogen (secondary N) is 2. The van der Waals surface area contributed by atoms with Crippen molar-refractivity contribution in [2.45, 2.75) is 19.0 Å². The molecule has 0 aliphatic carbocycles. The first-order chi connectivity index (χ1) is 15.1. The molecule has 2 aliphatic rings. The predicted octanol–water partition coefficient (Wildman–Crippen LogP) is 2.44. The van der Waals surface area contributed by atoms with E-state index in [1.165, 1.54) is 0 Å². The summed E-state index contributed by atoms with van der Waals surface area (Å²) in [5.41, 5.74) is 1.13. The van der Waals surface area contributed by atoms with Crippen molar-refractivity contribution >= 4 is 53.2 Å². The maximum absolute atomic E-state index is 6.30. The van der Waals surface area contributed by atoms with Crippen molar-refractivity contribution in [1.29, 1.82) is 0 Å². The summed E-state index contributed by atoms with van der Waals surface area (Å²) in [7, 11) is 3.96. The molecule has 1 unspecified atom stereocenters. The summed E-state index contributed by atoms with van der Waals surface area (Å²) in [6, 6.07) is 8.29. The summed E-state index contributed by atoms with van der Waals surface area (Å²) in [6.07, 6.45) is 4.74. The number of halogens is 2. The molecule has 2 aromatic rings. The van der Waals surface area contributed by atoms with Crippen LogP contribution in [0, 0.1) is 0 Å². The van der Waals surface area contributed by atoms with Gasteiger partial charge in [-0.25, -0.2) is 9.97 Å². The van der Waals surface area contributed by atoms with Crippen molar-refractivity contribution < 1.29 is 0 Å². The molecule has 0 bridgehead atoms. The van der Waals surface area contributed by atoms with Gasteiger partial charge in [0.25, 0.3) is 0 Å². The topological polar surface area (TPSA) is 71.9 Å². The Labute approximate surface area is 212 Å². The van der Waals surface area contributed by atoms with Crippen LogP contribution >= 0.6 is 35.6 Å². The quantitative estimate of drug-likeness (QED) is 0.325. The fraction of sp³-hybridized carbons (Fsp3) is 0.500. The number of nitrogens with zero attached hydrogens (tertiary/aromatic N) is 6. The number of guanidine groups is 1. The Morgan fingerprint density at radius 3 is 2.62 bits per heavy atom. The molecule has 0 radical (unpaired) electrons. The lowest BCUT2D eigenvalue weighted by Gasteiger charge is -2.33. The minimum absolute atomic E-state index is 0. The number of rotatable bonds is 5. The molecule has 0 amide bonds. The first kappa shape index (κ1) is 24.8. The SMILES string of the molecule is CN=C(NCc1ccc(N2CCN(C)CC2)nc1)NC1CCN(c2ncccc2Cl)C1.I. The van der Waals surface area contributed by atoms with Crippen molar-refractivity contribution in [3.63, 3.8) is 0 Å². The molecule has 2 aliphatic heterocycles. The number of pyridine rings is 2. The van der Waals surface area contributed by atoms with Gasteiger partial charge in [0.15, 0.2) is 5.96 Å². The van der Waals surface area contributed by atoms with E-state index in [1.807, 2.05) is 18.3 Å². The number of anilines is 2. The number of hydrogen-bond acceptors (Lipinski definition) is 6. The minimum Gasteiger partial charge on any atom is -0.354 e. The Balaban J connectivity index is 0.00000289. The highest BCUT2D eigenvalue weighted by atomic mass is 127. The number of likely N-dealkylation sites (N-methyl/N-ethyl adjacent to an activating group) is 1. The van der Waals surface area contributed by atoms with Crippen LogP contribution in [0.15, 0.2) is 41.7 Å². The molecule has 10 heteroatoms. The Bertz CT molecular complexity index is 886. The van der Waals surface area contributed by atoms with Gasteiger partial charge < -0.3 is 25.3 Å². The third-order valence-electron chi connectivity index (χ3n) is 5.89. The van der Waals surface area contributed by atoms with Gasteiger partial charge in [-0.3, -0.25) is 4.99 Å². The second-order valence-electron chi connectivity index (χ2n) is 8.13. The van der Waals surface area contributed by atoms with E-state index in [-0.39, 0.29) is 24.0 Å². The van der Waals surface area contributed by atoms with Gasteiger partial charge in [0, 0.05) is 71.3 Å². The van der Waals surface area contributed by atoms with Gasteiger partial charge in [-0.1, -0.05) is 17.7 Å². The van der Waals surface area contributed by atoms with Crippen LogP contribution in [0.25, 0.3) is 0 Å². The van der Waals surface area contributed by atoms with E-state index in [2.05, 4.69) is 59.5 Å². The maximum atomic E-state index is 6.30. The molecule has 32 heavy (non-hydrogen) atoms. The molecule has 1 atom stereocenters. The Hall–Kier alpha value is -1.85. The highest BCUT2D eigenvalue weighted by Gasteiger charge is 2.25. The molecule has 174 valence electrons. The van der Waals surface area contributed by atoms with E-state index in [4.69, 9.17) is 11.6 Å². The minimum atomic E-state index is 0. The summed E-state index contributed by atoms with van der Waals surface area (Å²) in [5.74, 6) is 2.70. The maximum Gasteiger partial charge on any atom is 0.191 e. The van der Waals surface area contributed by atoms with E-state index in [1.54, 1.807) is 13.2 Å². The van der Waals surface area contributed by atoms with Crippen LogP contribution in [-0.4, -0.2) is 80.2 Å². The van der Waals surface area contributed by atoms with E-state index in [9.17, 15) is 0 Å². The number of hydrogen-bond donors (Lipinski definition) is 2. The zero-order valence-corrected chi connectivity index (χ0v) is 21.8. The van der Waals surface area contributed by atoms with Crippen molar-refractivity contribution in [2.24, 2.45) is 4.99 Å². The Morgan fingerprint density at radius 1 is 1.12 bits per heavy atom. The lowest BCUT2D eigenvalue weighted by atomic mass is 10.2. The summed E-state index contributed by atoms with van der Waals surface area (Å²) in [4.78, 5) is 20.4. The summed E-state index contributed by atoms with van der Waals surface area (Å²) >= 11 is 6.30. The second-order valence-corrected chi connectivity index (χ2v) is 8.53. The zero-order valence-electron chi connectivity index (χ0n) is 18.7. The highest BCUT2D eigenvalue weighted by molar-refractivity contribution is 14.0. The van der Waals surface area contributed by atoms with Crippen molar-refractivity contribution in [2.75, 3.05) is 63.2 Å². The third kappa shape index (κ3) is 6.35. The summed E-state index contributed by atoms with van der Waals surface area (Å²) < 4.78 is 0. The molecule has 4 heterocycles. The molecule has 8 nitrogen and oxygen atoms in total. The molecular weight excluding hydrogens is 539 g/mol. The molecule has 0 saturated carbocycles. The van der Waals surface area contributed by atoms with Crippen LogP contribution < -0.4 is 20.4 Å². The molecule has 2 aromatic heterocycles. The predicted molar refractivity (Wildman–Crippen MR) is 143 cm³/mol. The van der Waals surface area contributed by atoms with Gasteiger partial charge in [-0.2, -0.15) is 0 Å². The van der Waals surface area contributed by atoms with Crippen molar-refractivity contribution in [3.8, 4) is 0 Å². The van der Waals surface area contributed by atoms with E-state index < -0.39 is 0 Å². The van der Waals surface area contributed by atoms with Gasteiger partial charge in [-0.05, 0) is 37.2 Å². The van der Waals surface area contributed by atoms with Crippen LogP contribution in [-0.2, 0) is 6.54 Å². The van der Waals surface area contributed by atoms with Gasteiger partial charge in [0.2, 0.25) is 0 Å². The van der Waals surface area contributed by atoms with Crippen LogP contribution in [0.2, 0.25) is 5.02 Å². The van der Waals surface area contributed by atoms with E-state index in [0.29, 0.717) is 17.6 Å². The fourth-order valence-corrected chi connectivity index (χ4v) is 4.24. The Morgan fingerprint density at radius 2 is 1.94 bits per heavy atom. The number of aromatic nitrogens is 2. The van der Waals surface area contributed by atoms with Gasteiger partial charge in [0.05, 0.1) is 5.02 Å². The largest absolute Gasteiger partial charge is 0.354 e. The smallest absolute Gasteiger partial charge is 0.191 e. The summed E-state index contributed by atoms with van der Waals surface area (Å²) in [6.45, 7) is 6.66. The average molecular weight is 571 g/mol. The third-order valence-corrected chi connectivity index (χ3v) is 6.18. The Kier molecular flexibility index (Phi) is 9.18. The van der Waals surface area contributed by atoms with Crippen LogP contribution in [0.1, 0.15) is 12.0 Å². The van der Waals surface area contributed by atoms with Gasteiger partial charge >= 0.3 is 0 Å². The molecular formula is C22H32ClIN8. The second kappa shape index (κ2) is 11.9. The number of aliphatic imine (C=N–C) groups is 1. The summed E-state index contributed by atoms with van der Waals surface area (Å²) in [5, 5.41) is 7.61. The van der Waals surface area contributed by atoms with Gasteiger partial charge in [-0.15, -0.1) is 24.0 Å². The normalized spacial score (nSPS) is 19.6. The van der Waals surface area contributed by atoms with Crippen LogP contribution in [0.3, 0.4) is 0 Å². The highest BCUT2D eigenvalue weighted by Crippen LogP contribution is 2.25. The molecule has 4 rings (SSSR count). The molecule has 0 spiro atoms. The molecule has 2 saturated heterocycles. The molecule has 0 aromatic carbocycles. The van der Waals surface area contributed by atoms with E-state index >= 15 is 0 Å². The lowest BCUT2D eigenvalue weighted by Crippen LogP contribution is -2.45. The van der Waals surface area contributed by atoms with Crippen LogP contribution in [0.4, 0.5) is 11.6 Å².